The highest BCUT2D eigenvalue weighted by Crippen LogP contribution is 2.31. The van der Waals surface area contributed by atoms with Gasteiger partial charge in [-0.15, -0.1) is 0 Å². The van der Waals surface area contributed by atoms with Crippen molar-refractivity contribution in [2.45, 2.75) is 51.6 Å². The molecule has 0 radical (unpaired) electrons. The molecule has 16 heavy (non-hydrogen) atoms. The highest BCUT2D eigenvalue weighted by molar-refractivity contribution is 5.19. The summed E-state index contributed by atoms with van der Waals surface area (Å²) in [6.45, 7) is 2.02. The average molecular weight is 219 g/mol. The second kappa shape index (κ2) is 5.44. The summed E-state index contributed by atoms with van der Waals surface area (Å²) in [5, 5.41) is 10.2. The zero-order valence-electron chi connectivity index (χ0n) is 10.0. The van der Waals surface area contributed by atoms with Crippen molar-refractivity contribution in [3.63, 3.8) is 0 Å². The predicted molar refractivity (Wildman–Crippen MR) is 65.1 cm³/mol. The Bertz CT molecular complexity index is 331. The maximum atomic E-state index is 10.2. The molecular formula is C14H21NO. The summed E-state index contributed by atoms with van der Waals surface area (Å²) in [6.07, 6.45) is 8.88. The number of nitrogens with zero attached hydrogens (tertiary/aromatic N) is 1. The fraction of sp³-hybridized carbons (Fsp3) is 0.643. The molecular weight excluding hydrogens is 198 g/mol. The van der Waals surface area contributed by atoms with Gasteiger partial charge in [0.1, 0.15) is 0 Å². The van der Waals surface area contributed by atoms with E-state index in [0.29, 0.717) is 5.92 Å². The van der Waals surface area contributed by atoms with Gasteiger partial charge in [-0.25, -0.2) is 0 Å². The number of hydrogen-bond donors (Lipinski definition) is 1. The number of hydrogen-bond acceptors (Lipinski definition) is 2. The first-order valence-corrected chi connectivity index (χ1v) is 6.37. The van der Waals surface area contributed by atoms with Crippen LogP contribution in [-0.2, 0) is 0 Å². The molecule has 2 heteroatoms. The molecule has 1 fully saturated rings. The summed E-state index contributed by atoms with van der Waals surface area (Å²) < 4.78 is 0. The van der Waals surface area contributed by atoms with E-state index in [4.69, 9.17) is 0 Å². The molecule has 0 bridgehead atoms. The minimum atomic E-state index is -0.371. The maximum Gasteiger partial charge on any atom is 0.0965 e. The third-order valence-corrected chi connectivity index (χ3v) is 3.65. The van der Waals surface area contributed by atoms with Crippen LogP contribution >= 0.6 is 0 Å². The van der Waals surface area contributed by atoms with Crippen molar-refractivity contribution >= 4 is 0 Å². The molecule has 1 unspecified atom stereocenters. The number of aliphatic hydroxyl groups excluding tert-OH is 1. The Hall–Kier alpha value is -0.890. The van der Waals surface area contributed by atoms with E-state index in [0.717, 1.165) is 17.7 Å². The Morgan fingerprint density at radius 1 is 1.38 bits per heavy atom. The van der Waals surface area contributed by atoms with Crippen LogP contribution in [0.25, 0.3) is 0 Å². The molecule has 0 aromatic carbocycles. The number of pyridine rings is 1. The van der Waals surface area contributed by atoms with Gasteiger partial charge < -0.3 is 5.11 Å². The van der Waals surface area contributed by atoms with Crippen molar-refractivity contribution in [3.05, 3.63) is 29.6 Å². The molecule has 0 spiro atoms. The lowest BCUT2D eigenvalue weighted by molar-refractivity contribution is 0.127. The zero-order chi connectivity index (χ0) is 11.4. The normalized spacial score (nSPS) is 19.6. The van der Waals surface area contributed by atoms with Crippen LogP contribution in [0.5, 0.6) is 0 Å². The summed E-state index contributed by atoms with van der Waals surface area (Å²) in [5.41, 5.74) is 1.97. The predicted octanol–water partition coefficient (Wildman–Crippen LogP) is 3.39. The van der Waals surface area contributed by atoms with Crippen molar-refractivity contribution in [1.29, 1.82) is 0 Å². The van der Waals surface area contributed by atoms with E-state index in [1.54, 1.807) is 6.20 Å². The Morgan fingerprint density at radius 3 is 2.81 bits per heavy atom. The van der Waals surface area contributed by atoms with Gasteiger partial charge in [-0.3, -0.25) is 4.98 Å². The largest absolute Gasteiger partial charge is 0.387 e. The van der Waals surface area contributed by atoms with E-state index in [9.17, 15) is 5.11 Å². The summed E-state index contributed by atoms with van der Waals surface area (Å²) in [5.74, 6) is 0.699. The van der Waals surface area contributed by atoms with Crippen LogP contribution in [0.3, 0.4) is 0 Å². The van der Waals surface area contributed by atoms with Crippen LogP contribution in [0.2, 0.25) is 0 Å². The van der Waals surface area contributed by atoms with Gasteiger partial charge in [0, 0.05) is 6.20 Å². The molecule has 88 valence electrons. The van der Waals surface area contributed by atoms with Gasteiger partial charge in [-0.1, -0.05) is 38.2 Å². The van der Waals surface area contributed by atoms with Gasteiger partial charge in [0.2, 0.25) is 0 Å². The molecule has 1 N–H and O–H groups in total. The van der Waals surface area contributed by atoms with E-state index >= 15 is 0 Å². The molecule has 0 amide bonds. The lowest BCUT2D eigenvalue weighted by Crippen LogP contribution is -2.12. The molecule has 1 aromatic rings. The second-order valence-electron chi connectivity index (χ2n) is 4.96. The van der Waals surface area contributed by atoms with Crippen molar-refractivity contribution in [2.75, 3.05) is 0 Å². The average Bonchev–Trinajstić information content (AvgIpc) is 2.31. The lowest BCUT2D eigenvalue weighted by atomic mass is 9.84. The van der Waals surface area contributed by atoms with Crippen LogP contribution in [-0.4, -0.2) is 10.1 Å². The Balaban J connectivity index is 1.96. The molecule has 1 aliphatic rings. The van der Waals surface area contributed by atoms with Crippen molar-refractivity contribution in [2.24, 2.45) is 5.92 Å². The minimum absolute atomic E-state index is 0.371. The molecule has 1 saturated carbocycles. The summed E-state index contributed by atoms with van der Waals surface area (Å²) in [6, 6.07) is 3.94. The summed E-state index contributed by atoms with van der Waals surface area (Å²) >= 11 is 0. The molecule has 1 aliphatic carbocycles. The van der Waals surface area contributed by atoms with Crippen LogP contribution in [0, 0.1) is 12.8 Å². The lowest BCUT2D eigenvalue weighted by Gasteiger charge is -2.24. The standard InChI is InChI=1S/C14H21NO/c1-11-6-5-9-15-14(11)13(16)10-12-7-3-2-4-8-12/h5-6,9,12-13,16H,2-4,7-8,10H2,1H3. The Morgan fingerprint density at radius 2 is 2.12 bits per heavy atom. The van der Waals surface area contributed by atoms with Gasteiger partial charge in [0.15, 0.2) is 0 Å². The van der Waals surface area contributed by atoms with E-state index in [-0.39, 0.29) is 6.10 Å². The topological polar surface area (TPSA) is 33.1 Å². The number of aryl methyl sites for hydroxylation is 1. The third kappa shape index (κ3) is 2.82. The fourth-order valence-corrected chi connectivity index (χ4v) is 2.70. The van der Waals surface area contributed by atoms with Crippen LogP contribution < -0.4 is 0 Å². The van der Waals surface area contributed by atoms with E-state index in [1.165, 1.54) is 32.1 Å². The SMILES string of the molecule is Cc1cccnc1C(O)CC1CCCCC1. The van der Waals surface area contributed by atoms with E-state index < -0.39 is 0 Å². The van der Waals surface area contributed by atoms with E-state index in [2.05, 4.69) is 4.98 Å². The van der Waals surface area contributed by atoms with Gasteiger partial charge in [-0.2, -0.15) is 0 Å². The fourth-order valence-electron chi connectivity index (χ4n) is 2.70. The molecule has 1 atom stereocenters. The Kier molecular flexibility index (Phi) is 3.94. The van der Waals surface area contributed by atoms with Gasteiger partial charge in [0.25, 0.3) is 0 Å². The van der Waals surface area contributed by atoms with Gasteiger partial charge in [0.05, 0.1) is 11.8 Å². The highest BCUT2D eigenvalue weighted by atomic mass is 16.3. The third-order valence-electron chi connectivity index (χ3n) is 3.65. The maximum absolute atomic E-state index is 10.2. The number of rotatable bonds is 3. The minimum Gasteiger partial charge on any atom is -0.387 e. The first-order chi connectivity index (χ1) is 7.77. The summed E-state index contributed by atoms with van der Waals surface area (Å²) in [7, 11) is 0. The first-order valence-electron chi connectivity index (χ1n) is 6.37. The monoisotopic (exact) mass is 219 g/mol. The van der Waals surface area contributed by atoms with Crippen LogP contribution in [0.4, 0.5) is 0 Å². The van der Waals surface area contributed by atoms with Gasteiger partial charge in [-0.05, 0) is 30.9 Å². The zero-order valence-corrected chi connectivity index (χ0v) is 10.0. The summed E-state index contributed by atoms with van der Waals surface area (Å²) in [4.78, 5) is 4.29. The molecule has 0 saturated heterocycles. The van der Waals surface area contributed by atoms with Crippen LogP contribution in [0.15, 0.2) is 18.3 Å². The highest BCUT2D eigenvalue weighted by Gasteiger charge is 2.20. The van der Waals surface area contributed by atoms with Crippen molar-refractivity contribution in [1.82, 2.24) is 4.98 Å². The molecule has 1 heterocycles. The number of aliphatic hydroxyl groups is 1. The molecule has 1 aromatic heterocycles. The molecule has 2 rings (SSSR count). The molecule has 0 aliphatic heterocycles. The molecule has 2 nitrogen and oxygen atoms in total. The Labute approximate surface area is 97.7 Å². The second-order valence-corrected chi connectivity index (χ2v) is 4.96. The van der Waals surface area contributed by atoms with Gasteiger partial charge >= 0.3 is 0 Å². The quantitative estimate of drug-likeness (QED) is 0.845. The van der Waals surface area contributed by atoms with E-state index in [1.807, 2.05) is 19.1 Å². The van der Waals surface area contributed by atoms with Crippen LogP contribution in [0.1, 0.15) is 55.9 Å². The number of aromatic nitrogens is 1. The smallest absolute Gasteiger partial charge is 0.0965 e. The first kappa shape index (κ1) is 11.6. The van der Waals surface area contributed by atoms with Crippen molar-refractivity contribution in [3.8, 4) is 0 Å². The van der Waals surface area contributed by atoms with Crippen molar-refractivity contribution < 1.29 is 5.11 Å².